The molecule has 0 radical (unpaired) electrons. The van der Waals surface area contributed by atoms with Crippen LogP contribution in [0.5, 0.6) is 5.75 Å². The average molecular weight is 273 g/mol. The molecule has 1 saturated carbocycles. The molecule has 1 atom stereocenters. The lowest BCUT2D eigenvalue weighted by Crippen LogP contribution is -2.26. The fraction of sp³-hybridized carbons (Fsp3) is 0.667. The molecule has 0 aromatic heterocycles. The van der Waals surface area contributed by atoms with Crippen LogP contribution in [0.1, 0.15) is 45.2 Å². The summed E-state index contributed by atoms with van der Waals surface area (Å²) in [5, 5.41) is 0. The Bertz CT molecular complexity index is 504. The molecule has 1 fully saturated rings. The summed E-state index contributed by atoms with van der Waals surface area (Å²) in [6.45, 7) is 10.2. The van der Waals surface area contributed by atoms with Crippen molar-refractivity contribution in [2.45, 2.75) is 53.0 Å². The molecule has 2 nitrogen and oxygen atoms in total. The molecule has 110 valence electrons. The first-order valence-electron chi connectivity index (χ1n) is 7.84. The smallest absolute Gasteiger partial charge is 0.122 e. The van der Waals surface area contributed by atoms with Crippen molar-refractivity contribution in [3.63, 3.8) is 0 Å². The van der Waals surface area contributed by atoms with Gasteiger partial charge in [0.05, 0.1) is 6.61 Å². The van der Waals surface area contributed by atoms with Gasteiger partial charge in [0.15, 0.2) is 0 Å². The van der Waals surface area contributed by atoms with E-state index in [0.717, 1.165) is 31.6 Å². The fourth-order valence-electron chi connectivity index (χ4n) is 4.21. The minimum Gasteiger partial charge on any atom is -0.493 e. The number of benzene rings is 1. The van der Waals surface area contributed by atoms with Crippen LogP contribution in [0.25, 0.3) is 0 Å². The number of hydrogen-bond donors (Lipinski definition) is 1. The largest absolute Gasteiger partial charge is 0.493 e. The van der Waals surface area contributed by atoms with Gasteiger partial charge in [0.25, 0.3) is 0 Å². The maximum Gasteiger partial charge on any atom is 0.122 e. The molecular weight excluding hydrogens is 246 g/mol. The van der Waals surface area contributed by atoms with E-state index in [-0.39, 0.29) is 0 Å². The molecule has 0 amide bonds. The standard InChI is InChI=1S/C18H27NO/c1-17(2)16(18(17,3)4)14(19)7-5-12-6-8-15-13(11-12)9-10-20-15/h6,8,11,14,16H,5,7,9-10,19H2,1-4H3. The molecular formula is C18H27NO. The third kappa shape index (κ3) is 2.05. The summed E-state index contributed by atoms with van der Waals surface area (Å²) in [7, 11) is 0. The number of aryl methyl sites for hydroxylation is 1. The van der Waals surface area contributed by atoms with Gasteiger partial charge in [0.2, 0.25) is 0 Å². The van der Waals surface area contributed by atoms with Gasteiger partial charge in [-0.25, -0.2) is 0 Å². The molecule has 2 heteroatoms. The zero-order chi connectivity index (χ0) is 14.5. The van der Waals surface area contributed by atoms with Crippen LogP contribution in [-0.4, -0.2) is 12.6 Å². The van der Waals surface area contributed by atoms with Crippen LogP contribution in [0.15, 0.2) is 18.2 Å². The van der Waals surface area contributed by atoms with E-state index < -0.39 is 0 Å². The zero-order valence-electron chi connectivity index (χ0n) is 13.2. The van der Waals surface area contributed by atoms with Crippen LogP contribution in [0.3, 0.4) is 0 Å². The van der Waals surface area contributed by atoms with Gasteiger partial charge in [-0.2, -0.15) is 0 Å². The van der Waals surface area contributed by atoms with Crippen LogP contribution in [0.2, 0.25) is 0 Å². The molecule has 1 aliphatic heterocycles. The van der Waals surface area contributed by atoms with E-state index in [0.29, 0.717) is 22.8 Å². The van der Waals surface area contributed by atoms with Gasteiger partial charge in [0, 0.05) is 12.5 Å². The highest BCUT2D eigenvalue weighted by Crippen LogP contribution is 2.69. The SMILES string of the molecule is CC1(C)C(C(N)CCc2ccc3c(c2)CCO3)C1(C)C. The maximum atomic E-state index is 6.47. The first-order chi connectivity index (χ1) is 9.34. The first-order valence-corrected chi connectivity index (χ1v) is 7.84. The molecule has 0 bridgehead atoms. The molecule has 0 saturated heterocycles. The minimum atomic E-state index is 0.310. The lowest BCUT2D eigenvalue weighted by atomic mass is 9.97. The van der Waals surface area contributed by atoms with E-state index in [4.69, 9.17) is 10.5 Å². The molecule has 3 rings (SSSR count). The summed E-state index contributed by atoms with van der Waals surface area (Å²) in [5.74, 6) is 1.72. The van der Waals surface area contributed by atoms with Gasteiger partial charge in [-0.3, -0.25) is 0 Å². The highest BCUT2D eigenvalue weighted by molar-refractivity contribution is 5.39. The van der Waals surface area contributed by atoms with Gasteiger partial charge in [0.1, 0.15) is 5.75 Å². The first kappa shape index (κ1) is 13.9. The number of rotatable bonds is 4. The highest BCUT2D eigenvalue weighted by Gasteiger charge is 2.66. The van der Waals surface area contributed by atoms with E-state index in [1.165, 1.54) is 11.1 Å². The lowest BCUT2D eigenvalue weighted by molar-refractivity contribution is 0.357. The molecule has 1 aromatic rings. The Balaban J connectivity index is 1.60. The van der Waals surface area contributed by atoms with Crippen molar-refractivity contribution in [2.75, 3.05) is 6.61 Å². The quantitative estimate of drug-likeness (QED) is 0.910. The number of hydrogen-bond acceptors (Lipinski definition) is 2. The van der Waals surface area contributed by atoms with Gasteiger partial charge in [-0.1, -0.05) is 39.8 Å². The number of ether oxygens (including phenoxy) is 1. The van der Waals surface area contributed by atoms with E-state index in [1.807, 2.05) is 0 Å². The summed E-state index contributed by atoms with van der Waals surface area (Å²) in [4.78, 5) is 0. The van der Waals surface area contributed by atoms with E-state index in [1.54, 1.807) is 0 Å². The predicted molar refractivity (Wildman–Crippen MR) is 83.0 cm³/mol. The van der Waals surface area contributed by atoms with Crippen LogP contribution in [0.4, 0.5) is 0 Å². The zero-order valence-corrected chi connectivity index (χ0v) is 13.2. The maximum absolute atomic E-state index is 6.47. The van der Waals surface area contributed by atoms with E-state index >= 15 is 0 Å². The van der Waals surface area contributed by atoms with Crippen molar-refractivity contribution in [3.05, 3.63) is 29.3 Å². The normalized spacial score (nSPS) is 24.1. The van der Waals surface area contributed by atoms with Gasteiger partial charge in [-0.15, -0.1) is 0 Å². The van der Waals surface area contributed by atoms with Crippen molar-refractivity contribution >= 4 is 0 Å². The summed E-state index contributed by atoms with van der Waals surface area (Å²) in [6, 6.07) is 6.93. The fourth-order valence-corrected chi connectivity index (χ4v) is 4.21. The lowest BCUT2D eigenvalue weighted by Gasteiger charge is -2.14. The Morgan fingerprint density at radius 1 is 1.25 bits per heavy atom. The number of fused-ring (bicyclic) bond motifs is 1. The molecule has 1 unspecified atom stereocenters. The van der Waals surface area contributed by atoms with Crippen molar-refractivity contribution in [1.29, 1.82) is 0 Å². The molecule has 0 spiro atoms. The van der Waals surface area contributed by atoms with E-state index in [9.17, 15) is 0 Å². The Labute approximate surface area is 122 Å². The Morgan fingerprint density at radius 2 is 1.95 bits per heavy atom. The Morgan fingerprint density at radius 3 is 2.60 bits per heavy atom. The topological polar surface area (TPSA) is 35.2 Å². The summed E-state index contributed by atoms with van der Waals surface area (Å²) in [6.07, 6.45) is 3.21. The van der Waals surface area contributed by atoms with Crippen molar-refractivity contribution in [3.8, 4) is 5.75 Å². The molecule has 1 aromatic carbocycles. The highest BCUT2D eigenvalue weighted by atomic mass is 16.5. The van der Waals surface area contributed by atoms with Crippen LogP contribution < -0.4 is 10.5 Å². The van der Waals surface area contributed by atoms with Gasteiger partial charge in [-0.05, 0) is 46.8 Å². The van der Waals surface area contributed by atoms with Crippen molar-refractivity contribution < 1.29 is 4.74 Å². The molecule has 1 heterocycles. The summed E-state index contributed by atoms with van der Waals surface area (Å²) in [5.41, 5.74) is 10.0. The Hall–Kier alpha value is -1.02. The predicted octanol–water partition coefficient (Wildman–Crippen LogP) is 3.56. The van der Waals surface area contributed by atoms with Gasteiger partial charge < -0.3 is 10.5 Å². The molecule has 2 aliphatic rings. The second-order valence-electron chi connectivity index (χ2n) is 7.66. The average Bonchev–Trinajstić information content (AvgIpc) is 2.71. The van der Waals surface area contributed by atoms with Gasteiger partial charge >= 0.3 is 0 Å². The van der Waals surface area contributed by atoms with Crippen LogP contribution in [-0.2, 0) is 12.8 Å². The monoisotopic (exact) mass is 273 g/mol. The third-order valence-electron chi connectivity index (χ3n) is 6.08. The van der Waals surface area contributed by atoms with Crippen molar-refractivity contribution in [2.24, 2.45) is 22.5 Å². The summed E-state index contributed by atoms with van der Waals surface area (Å²) < 4.78 is 5.56. The summed E-state index contributed by atoms with van der Waals surface area (Å²) >= 11 is 0. The van der Waals surface area contributed by atoms with Crippen LogP contribution >= 0.6 is 0 Å². The van der Waals surface area contributed by atoms with Crippen LogP contribution in [0, 0.1) is 16.7 Å². The second kappa shape index (κ2) is 4.49. The molecule has 20 heavy (non-hydrogen) atoms. The molecule has 1 aliphatic carbocycles. The minimum absolute atomic E-state index is 0.310. The number of nitrogens with two attached hydrogens (primary N) is 1. The Kier molecular flexibility index (Phi) is 3.13. The van der Waals surface area contributed by atoms with Crippen molar-refractivity contribution in [1.82, 2.24) is 0 Å². The second-order valence-corrected chi connectivity index (χ2v) is 7.66. The third-order valence-corrected chi connectivity index (χ3v) is 6.08. The molecule has 2 N–H and O–H groups in total. The van der Waals surface area contributed by atoms with E-state index in [2.05, 4.69) is 45.9 Å².